The normalized spacial score (nSPS) is 19.3. The first-order chi connectivity index (χ1) is 13.7. The summed E-state index contributed by atoms with van der Waals surface area (Å²) in [6.07, 6.45) is 4.09. The van der Waals surface area contributed by atoms with Crippen molar-refractivity contribution >= 4 is 44.3 Å². The fourth-order valence-electron chi connectivity index (χ4n) is 3.73. The van der Waals surface area contributed by atoms with E-state index in [9.17, 15) is 4.79 Å². The van der Waals surface area contributed by atoms with Gasteiger partial charge < -0.3 is 10.2 Å². The molecule has 0 unspecified atom stereocenters. The second kappa shape index (κ2) is 7.29. The summed E-state index contributed by atoms with van der Waals surface area (Å²) < 4.78 is 1.01. The molecule has 1 saturated heterocycles. The average Bonchev–Trinajstić information content (AvgIpc) is 3.27. The van der Waals surface area contributed by atoms with Gasteiger partial charge in [-0.25, -0.2) is 4.98 Å². The molecule has 8 heteroatoms. The standard InChI is InChI=1S/C20H20ClN5OS/c21-19-23-15(13-8-9-13)16-17(24-19)25-20(28-16)26-10-4-7-14(26)18(27)22-11-12-5-2-1-3-6-12/h1-3,5-6,13-14H,4,7-11H2,(H,22,27)/t14-/m1/s1. The predicted molar refractivity (Wildman–Crippen MR) is 111 cm³/mol. The van der Waals surface area contributed by atoms with E-state index in [1.54, 1.807) is 11.3 Å². The van der Waals surface area contributed by atoms with Gasteiger partial charge in [-0.3, -0.25) is 4.79 Å². The number of halogens is 1. The van der Waals surface area contributed by atoms with Gasteiger partial charge in [-0.05, 0) is 42.8 Å². The van der Waals surface area contributed by atoms with Crippen LogP contribution < -0.4 is 10.2 Å². The van der Waals surface area contributed by atoms with Crippen LogP contribution in [0.4, 0.5) is 5.13 Å². The molecular formula is C20H20ClN5OS. The Hall–Kier alpha value is -2.25. The molecule has 28 heavy (non-hydrogen) atoms. The Balaban J connectivity index is 1.37. The van der Waals surface area contributed by atoms with Crippen molar-refractivity contribution in [1.29, 1.82) is 0 Å². The van der Waals surface area contributed by atoms with E-state index in [1.165, 1.54) is 0 Å². The van der Waals surface area contributed by atoms with E-state index in [0.717, 1.165) is 53.3 Å². The highest BCUT2D eigenvalue weighted by atomic mass is 35.5. The van der Waals surface area contributed by atoms with Crippen LogP contribution in [-0.2, 0) is 11.3 Å². The maximum Gasteiger partial charge on any atom is 0.243 e. The zero-order valence-electron chi connectivity index (χ0n) is 15.3. The zero-order chi connectivity index (χ0) is 19.1. The lowest BCUT2D eigenvalue weighted by atomic mass is 10.2. The van der Waals surface area contributed by atoms with Crippen molar-refractivity contribution in [3.8, 4) is 0 Å². The molecule has 2 aliphatic rings. The van der Waals surface area contributed by atoms with Crippen LogP contribution in [0.5, 0.6) is 0 Å². The molecule has 3 aromatic rings. The summed E-state index contributed by atoms with van der Waals surface area (Å²) >= 11 is 7.69. The highest BCUT2D eigenvalue weighted by molar-refractivity contribution is 7.22. The number of rotatable bonds is 5. The van der Waals surface area contributed by atoms with Crippen molar-refractivity contribution in [3.05, 3.63) is 46.9 Å². The topological polar surface area (TPSA) is 71.0 Å². The lowest BCUT2D eigenvalue weighted by molar-refractivity contribution is -0.122. The molecular weight excluding hydrogens is 394 g/mol. The molecule has 3 heterocycles. The average molecular weight is 414 g/mol. The van der Waals surface area contributed by atoms with Crippen LogP contribution in [0.15, 0.2) is 30.3 Å². The highest BCUT2D eigenvalue weighted by Gasteiger charge is 2.34. The van der Waals surface area contributed by atoms with Crippen molar-refractivity contribution < 1.29 is 4.79 Å². The van der Waals surface area contributed by atoms with E-state index in [0.29, 0.717) is 18.1 Å². The second-order valence-corrected chi connectivity index (χ2v) is 8.67. The highest BCUT2D eigenvalue weighted by Crippen LogP contribution is 2.45. The quantitative estimate of drug-likeness (QED) is 0.642. The van der Waals surface area contributed by atoms with Gasteiger partial charge >= 0.3 is 0 Å². The van der Waals surface area contributed by atoms with Crippen LogP contribution in [-0.4, -0.2) is 33.4 Å². The van der Waals surface area contributed by atoms with Crippen LogP contribution in [0.2, 0.25) is 5.28 Å². The number of fused-ring (bicyclic) bond motifs is 1. The van der Waals surface area contributed by atoms with Crippen LogP contribution in [0.25, 0.3) is 10.3 Å². The molecule has 1 aliphatic carbocycles. The largest absolute Gasteiger partial charge is 0.350 e. The molecule has 0 spiro atoms. The third-order valence-corrected chi connectivity index (χ3v) is 6.59. The number of amides is 1. The van der Waals surface area contributed by atoms with Gasteiger partial charge in [0.15, 0.2) is 10.8 Å². The monoisotopic (exact) mass is 413 g/mol. The third kappa shape index (κ3) is 3.44. The minimum Gasteiger partial charge on any atom is -0.350 e. The van der Waals surface area contributed by atoms with E-state index in [4.69, 9.17) is 16.6 Å². The summed E-state index contributed by atoms with van der Waals surface area (Å²) in [7, 11) is 0. The SMILES string of the molecule is O=C(NCc1ccccc1)[C@H]1CCCN1c1nc2nc(Cl)nc(C3CC3)c2s1. The number of hydrogen-bond acceptors (Lipinski definition) is 6. The first-order valence-corrected chi connectivity index (χ1v) is 10.8. The Morgan fingerprint density at radius 1 is 1.18 bits per heavy atom. The first-order valence-electron chi connectivity index (χ1n) is 9.61. The molecule has 1 aliphatic heterocycles. The number of benzene rings is 1. The molecule has 0 radical (unpaired) electrons. The van der Waals surface area contributed by atoms with Gasteiger partial charge in [0.2, 0.25) is 11.2 Å². The number of nitrogens with one attached hydrogen (secondary N) is 1. The van der Waals surface area contributed by atoms with Gasteiger partial charge in [-0.2, -0.15) is 9.97 Å². The van der Waals surface area contributed by atoms with Crippen LogP contribution in [0.1, 0.15) is 42.9 Å². The lowest BCUT2D eigenvalue weighted by Crippen LogP contribution is -2.43. The van der Waals surface area contributed by atoms with Crippen molar-refractivity contribution in [1.82, 2.24) is 20.3 Å². The van der Waals surface area contributed by atoms with Crippen molar-refractivity contribution in [2.24, 2.45) is 0 Å². The molecule has 1 aromatic carbocycles. The minimum atomic E-state index is -0.197. The predicted octanol–water partition coefficient (Wildman–Crippen LogP) is 3.90. The molecule has 1 saturated carbocycles. The fraction of sp³-hybridized carbons (Fsp3) is 0.400. The van der Waals surface area contributed by atoms with Crippen LogP contribution in [0.3, 0.4) is 0 Å². The van der Waals surface area contributed by atoms with E-state index < -0.39 is 0 Å². The first kappa shape index (κ1) is 17.8. The number of carbonyl (C=O) groups is 1. The molecule has 5 rings (SSSR count). The fourth-order valence-corrected chi connectivity index (χ4v) is 5.05. The molecule has 1 amide bonds. The lowest BCUT2D eigenvalue weighted by Gasteiger charge is -2.23. The zero-order valence-corrected chi connectivity index (χ0v) is 16.8. The number of hydrogen-bond donors (Lipinski definition) is 1. The van der Waals surface area contributed by atoms with Gasteiger partial charge in [0.1, 0.15) is 6.04 Å². The van der Waals surface area contributed by atoms with Gasteiger partial charge in [-0.1, -0.05) is 41.7 Å². The molecule has 144 valence electrons. The van der Waals surface area contributed by atoms with E-state index in [-0.39, 0.29) is 17.2 Å². The maximum absolute atomic E-state index is 12.8. The van der Waals surface area contributed by atoms with E-state index in [1.807, 2.05) is 30.3 Å². The maximum atomic E-state index is 12.8. The number of anilines is 1. The Bertz CT molecular complexity index is 1020. The Kier molecular flexibility index (Phi) is 4.64. The summed E-state index contributed by atoms with van der Waals surface area (Å²) in [6, 6.07) is 9.77. The second-order valence-electron chi connectivity index (χ2n) is 7.36. The number of aromatic nitrogens is 3. The smallest absolute Gasteiger partial charge is 0.243 e. The summed E-state index contributed by atoms with van der Waals surface area (Å²) in [5.74, 6) is 0.520. The van der Waals surface area contributed by atoms with Gasteiger partial charge in [0, 0.05) is 19.0 Å². The van der Waals surface area contributed by atoms with Crippen LogP contribution in [0, 0.1) is 0 Å². The van der Waals surface area contributed by atoms with Crippen molar-refractivity contribution in [3.63, 3.8) is 0 Å². The molecule has 2 fully saturated rings. The number of nitrogens with zero attached hydrogens (tertiary/aromatic N) is 4. The molecule has 6 nitrogen and oxygen atoms in total. The Morgan fingerprint density at radius 3 is 2.79 bits per heavy atom. The van der Waals surface area contributed by atoms with Gasteiger partial charge in [-0.15, -0.1) is 0 Å². The van der Waals surface area contributed by atoms with E-state index >= 15 is 0 Å². The van der Waals surface area contributed by atoms with E-state index in [2.05, 4.69) is 20.2 Å². The summed E-state index contributed by atoms with van der Waals surface area (Å²) in [5, 5.41) is 4.16. The van der Waals surface area contributed by atoms with Crippen LogP contribution >= 0.6 is 22.9 Å². The van der Waals surface area contributed by atoms with Gasteiger partial charge in [0.25, 0.3) is 0 Å². The van der Waals surface area contributed by atoms with Crippen molar-refractivity contribution in [2.45, 2.75) is 44.2 Å². The Labute approximate surface area is 172 Å². The minimum absolute atomic E-state index is 0.0483. The third-order valence-electron chi connectivity index (χ3n) is 5.32. The molecule has 0 bridgehead atoms. The summed E-state index contributed by atoms with van der Waals surface area (Å²) in [6.45, 7) is 1.36. The molecule has 2 aromatic heterocycles. The van der Waals surface area contributed by atoms with Crippen molar-refractivity contribution in [2.75, 3.05) is 11.4 Å². The van der Waals surface area contributed by atoms with Gasteiger partial charge in [0.05, 0.1) is 10.4 Å². The number of thiazole rings is 1. The summed E-state index contributed by atoms with van der Waals surface area (Å²) in [4.78, 5) is 28.4. The molecule has 1 N–H and O–H groups in total. The Morgan fingerprint density at radius 2 is 2.00 bits per heavy atom. The number of carbonyl (C=O) groups excluding carboxylic acids is 1. The molecule has 1 atom stereocenters. The summed E-state index contributed by atoms with van der Waals surface area (Å²) in [5.41, 5.74) is 2.76.